The van der Waals surface area contributed by atoms with Gasteiger partial charge in [0.15, 0.2) is 0 Å². The van der Waals surface area contributed by atoms with E-state index >= 15 is 0 Å². The fourth-order valence-corrected chi connectivity index (χ4v) is 4.12. The fraction of sp³-hybridized carbons (Fsp3) is 0.233. The van der Waals surface area contributed by atoms with Gasteiger partial charge in [-0.15, -0.1) is 0 Å². The van der Waals surface area contributed by atoms with Gasteiger partial charge in [0.25, 0.3) is 0 Å². The van der Waals surface area contributed by atoms with Gasteiger partial charge in [0, 0.05) is 23.4 Å². The molecule has 1 amide bonds. The molecule has 0 aliphatic rings. The molecule has 37 heavy (non-hydrogen) atoms. The standard InChI is InChI=1S/C30H29NO6/c1-3-10-23-18-27(32)37-28-20(2)26(16-15-24(23)28)36-29(33)25(17-21-11-6-4-7-12-21)31-30(34)35-19-22-13-8-5-9-14-22/h4-9,11-16,18,25H,3,10,17,19H2,1-2H3,(H,31,34). The lowest BCUT2D eigenvalue weighted by atomic mass is 10.0. The molecule has 0 fully saturated rings. The Kier molecular flexibility index (Phi) is 8.36. The average Bonchev–Trinajstić information content (AvgIpc) is 2.90. The Morgan fingerprint density at radius 1 is 0.946 bits per heavy atom. The number of ether oxygens (including phenoxy) is 2. The molecule has 0 spiro atoms. The lowest BCUT2D eigenvalue weighted by Crippen LogP contribution is -2.44. The van der Waals surface area contributed by atoms with Crippen LogP contribution in [0, 0.1) is 6.92 Å². The molecule has 4 rings (SSSR count). The summed E-state index contributed by atoms with van der Waals surface area (Å²) < 4.78 is 16.5. The number of amides is 1. The lowest BCUT2D eigenvalue weighted by Gasteiger charge is -2.19. The monoisotopic (exact) mass is 499 g/mol. The highest BCUT2D eigenvalue weighted by Gasteiger charge is 2.25. The largest absolute Gasteiger partial charge is 0.445 e. The Morgan fingerprint density at radius 2 is 1.62 bits per heavy atom. The van der Waals surface area contributed by atoms with Crippen molar-refractivity contribution in [3.8, 4) is 5.75 Å². The average molecular weight is 500 g/mol. The van der Waals surface area contributed by atoms with Gasteiger partial charge in [-0.25, -0.2) is 14.4 Å². The molecule has 0 aliphatic heterocycles. The maximum absolute atomic E-state index is 13.3. The molecular weight excluding hydrogens is 470 g/mol. The van der Waals surface area contributed by atoms with Crippen LogP contribution in [0.2, 0.25) is 0 Å². The van der Waals surface area contributed by atoms with Gasteiger partial charge in [0.05, 0.1) is 0 Å². The Morgan fingerprint density at radius 3 is 2.30 bits per heavy atom. The summed E-state index contributed by atoms with van der Waals surface area (Å²) in [6, 6.07) is 22.5. The van der Waals surface area contributed by atoms with E-state index in [0.717, 1.165) is 34.9 Å². The van der Waals surface area contributed by atoms with E-state index in [2.05, 4.69) is 5.32 Å². The van der Waals surface area contributed by atoms with Crippen LogP contribution in [0.25, 0.3) is 11.0 Å². The molecule has 1 unspecified atom stereocenters. The van der Waals surface area contributed by atoms with Crippen molar-refractivity contribution in [1.82, 2.24) is 5.32 Å². The van der Waals surface area contributed by atoms with E-state index in [1.54, 1.807) is 19.1 Å². The Bertz CT molecular complexity index is 1430. The molecule has 1 N–H and O–H groups in total. The van der Waals surface area contributed by atoms with Crippen molar-refractivity contribution in [2.75, 3.05) is 0 Å². The summed E-state index contributed by atoms with van der Waals surface area (Å²) in [5.74, 6) is -0.401. The fourth-order valence-electron chi connectivity index (χ4n) is 4.12. The summed E-state index contributed by atoms with van der Waals surface area (Å²) in [5, 5.41) is 3.45. The van der Waals surface area contributed by atoms with Gasteiger partial charge < -0.3 is 19.2 Å². The van der Waals surface area contributed by atoms with Crippen LogP contribution < -0.4 is 15.7 Å². The second-order valence-electron chi connectivity index (χ2n) is 8.78. The van der Waals surface area contributed by atoms with Crippen LogP contribution in [0.1, 0.15) is 35.6 Å². The minimum atomic E-state index is -1.00. The summed E-state index contributed by atoms with van der Waals surface area (Å²) in [6.45, 7) is 3.84. The van der Waals surface area contributed by atoms with Crippen LogP contribution in [-0.2, 0) is 29.0 Å². The molecule has 7 heteroatoms. The van der Waals surface area contributed by atoms with Crippen molar-refractivity contribution in [2.45, 2.75) is 45.8 Å². The molecule has 3 aromatic carbocycles. The third-order valence-corrected chi connectivity index (χ3v) is 6.00. The minimum absolute atomic E-state index is 0.0721. The van der Waals surface area contributed by atoms with Crippen molar-refractivity contribution in [3.05, 3.63) is 112 Å². The molecule has 190 valence electrons. The van der Waals surface area contributed by atoms with Gasteiger partial charge in [-0.2, -0.15) is 0 Å². The molecule has 0 aliphatic carbocycles. The first-order valence-electron chi connectivity index (χ1n) is 12.2. The highest BCUT2D eigenvalue weighted by molar-refractivity contribution is 5.88. The molecule has 0 radical (unpaired) electrons. The van der Waals surface area contributed by atoms with Crippen molar-refractivity contribution in [1.29, 1.82) is 0 Å². The van der Waals surface area contributed by atoms with Crippen molar-refractivity contribution in [2.24, 2.45) is 0 Å². The van der Waals surface area contributed by atoms with Gasteiger partial charge in [0.1, 0.15) is 24.0 Å². The van der Waals surface area contributed by atoms with E-state index in [4.69, 9.17) is 13.9 Å². The molecule has 0 bridgehead atoms. The number of esters is 1. The first-order valence-corrected chi connectivity index (χ1v) is 12.2. The number of nitrogens with one attached hydrogen (secondary N) is 1. The zero-order valence-electron chi connectivity index (χ0n) is 20.9. The predicted octanol–water partition coefficient (Wildman–Crippen LogP) is 5.50. The van der Waals surface area contributed by atoms with Crippen molar-refractivity contribution >= 4 is 23.0 Å². The van der Waals surface area contributed by atoms with E-state index in [1.807, 2.05) is 67.6 Å². The second kappa shape index (κ2) is 12.0. The number of benzene rings is 3. The summed E-state index contributed by atoms with van der Waals surface area (Å²) in [7, 11) is 0. The number of hydrogen-bond donors (Lipinski definition) is 1. The van der Waals surface area contributed by atoms with Crippen molar-refractivity contribution < 1.29 is 23.5 Å². The third-order valence-electron chi connectivity index (χ3n) is 6.00. The number of hydrogen-bond acceptors (Lipinski definition) is 6. The molecule has 1 atom stereocenters. The first kappa shape index (κ1) is 25.7. The molecule has 0 saturated carbocycles. The topological polar surface area (TPSA) is 94.8 Å². The van der Waals surface area contributed by atoms with E-state index in [-0.39, 0.29) is 18.8 Å². The predicted molar refractivity (Wildman–Crippen MR) is 141 cm³/mol. The molecule has 7 nitrogen and oxygen atoms in total. The van der Waals surface area contributed by atoms with Crippen molar-refractivity contribution in [3.63, 3.8) is 0 Å². The van der Waals surface area contributed by atoms with Crippen LogP contribution in [0.4, 0.5) is 4.79 Å². The lowest BCUT2D eigenvalue weighted by molar-refractivity contribution is -0.136. The van der Waals surface area contributed by atoms with Crippen LogP contribution >= 0.6 is 0 Å². The van der Waals surface area contributed by atoms with Crippen LogP contribution in [0.5, 0.6) is 5.75 Å². The van der Waals surface area contributed by atoms with Gasteiger partial charge in [0.2, 0.25) is 0 Å². The van der Waals surface area contributed by atoms with Gasteiger partial charge >= 0.3 is 17.7 Å². The normalized spacial score (nSPS) is 11.6. The van der Waals surface area contributed by atoms with E-state index in [9.17, 15) is 14.4 Å². The number of fused-ring (bicyclic) bond motifs is 1. The maximum atomic E-state index is 13.3. The van der Waals surface area contributed by atoms with E-state index in [0.29, 0.717) is 11.1 Å². The Hall–Kier alpha value is -4.39. The maximum Gasteiger partial charge on any atom is 0.408 e. The highest BCUT2D eigenvalue weighted by atomic mass is 16.6. The highest BCUT2D eigenvalue weighted by Crippen LogP contribution is 2.29. The zero-order chi connectivity index (χ0) is 26.2. The SMILES string of the molecule is CCCc1cc(=O)oc2c(C)c(OC(=O)C(Cc3ccccc3)NC(=O)OCc3ccccc3)ccc12. The van der Waals surface area contributed by atoms with Gasteiger partial charge in [-0.1, -0.05) is 74.0 Å². The zero-order valence-corrected chi connectivity index (χ0v) is 20.9. The van der Waals surface area contributed by atoms with Crippen LogP contribution in [0.15, 0.2) is 88.1 Å². The smallest absolute Gasteiger partial charge is 0.408 e. The molecular formula is C30H29NO6. The van der Waals surface area contributed by atoms with E-state index in [1.165, 1.54) is 6.07 Å². The minimum Gasteiger partial charge on any atom is -0.445 e. The summed E-state index contributed by atoms with van der Waals surface area (Å²) >= 11 is 0. The Balaban J connectivity index is 1.54. The van der Waals surface area contributed by atoms with Gasteiger partial charge in [-0.3, -0.25) is 0 Å². The van der Waals surface area contributed by atoms with Crippen LogP contribution in [0.3, 0.4) is 0 Å². The number of aryl methyl sites for hydroxylation is 2. The van der Waals surface area contributed by atoms with Crippen LogP contribution in [-0.4, -0.2) is 18.1 Å². The second-order valence-corrected chi connectivity index (χ2v) is 8.78. The van der Waals surface area contributed by atoms with E-state index < -0.39 is 23.7 Å². The molecule has 1 aromatic heterocycles. The Labute approximate surface area is 215 Å². The number of rotatable bonds is 9. The molecule has 1 heterocycles. The number of carbonyl (C=O) groups is 2. The quantitative estimate of drug-likeness (QED) is 0.186. The summed E-state index contributed by atoms with van der Waals surface area (Å²) in [6.07, 6.45) is 1.09. The summed E-state index contributed by atoms with van der Waals surface area (Å²) in [4.78, 5) is 38.0. The number of carbonyl (C=O) groups excluding carboxylic acids is 2. The third kappa shape index (κ3) is 6.64. The molecule has 4 aromatic rings. The molecule has 0 saturated heterocycles. The van der Waals surface area contributed by atoms with Gasteiger partial charge in [-0.05, 0) is 42.2 Å². The summed E-state index contributed by atoms with van der Waals surface area (Å²) in [5.41, 5.74) is 3.03. The number of alkyl carbamates (subject to hydrolysis) is 1. The first-order chi connectivity index (χ1) is 17.9.